The highest BCUT2D eigenvalue weighted by Crippen LogP contribution is 2.06. The largest absolute Gasteiger partial charge is 0.479 e. The summed E-state index contributed by atoms with van der Waals surface area (Å²) >= 11 is 0. The van der Waals surface area contributed by atoms with E-state index in [1.807, 2.05) is 30.8 Å². The van der Waals surface area contributed by atoms with Gasteiger partial charge in [0.2, 0.25) is 0 Å². The van der Waals surface area contributed by atoms with E-state index in [4.69, 9.17) is 9.84 Å². The molecular weight excluding hydrogens is 196 g/mol. The van der Waals surface area contributed by atoms with Crippen LogP contribution in [-0.4, -0.2) is 27.0 Å². The van der Waals surface area contributed by atoms with Gasteiger partial charge in [0.05, 0.1) is 12.3 Å². The summed E-state index contributed by atoms with van der Waals surface area (Å²) in [6.07, 6.45) is 1.06. The Morgan fingerprint density at radius 2 is 2.27 bits per heavy atom. The average molecular weight is 212 g/mol. The Morgan fingerprint density at radius 1 is 1.60 bits per heavy atom. The van der Waals surface area contributed by atoms with E-state index in [1.54, 1.807) is 0 Å². The van der Waals surface area contributed by atoms with E-state index in [1.165, 1.54) is 6.92 Å². The van der Waals surface area contributed by atoms with E-state index in [9.17, 15) is 4.79 Å². The van der Waals surface area contributed by atoms with Crippen LogP contribution >= 0.6 is 0 Å². The third kappa shape index (κ3) is 3.36. The fraction of sp³-hybridized carbons (Fsp3) is 0.600. The predicted molar refractivity (Wildman–Crippen MR) is 54.5 cm³/mol. The summed E-state index contributed by atoms with van der Waals surface area (Å²) < 4.78 is 6.92. The Labute approximate surface area is 88.7 Å². The zero-order valence-corrected chi connectivity index (χ0v) is 9.17. The van der Waals surface area contributed by atoms with Crippen molar-refractivity contribution in [3.05, 3.63) is 18.0 Å². The Hall–Kier alpha value is -1.36. The molecule has 5 heteroatoms. The lowest BCUT2D eigenvalue weighted by Gasteiger charge is -2.07. The quantitative estimate of drug-likeness (QED) is 0.802. The minimum absolute atomic E-state index is 0.229. The molecule has 1 aromatic rings. The van der Waals surface area contributed by atoms with Gasteiger partial charge in [-0.3, -0.25) is 4.68 Å². The second-order valence-corrected chi connectivity index (χ2v) is 3.67. The summed E-state index contributed by atoms with van der Waals surface area (Å²) in [6.45, 7) is 5.78. The van der Waals surface area contributed by atoms with Crippen LogP contribution in [0.15, 0.2) is 12.3 Å². The number of nitrogens with zero attached hydrogens (tertiary/aromatic N) is 2. The van der Waals surface area contributed by atoms with Crippen LogP contribution in [0.2, 0.25) is 0 Å². The minimum Gasteiger partial charge on any atom is -0.479 e. The van der Waals surface area contributed by atoms with Gasteiger partial charge in [0.1, 0.15) is 0 Å². The number of hydrogen-bond acceptors (Lipinski definition) is 3. The van der Waals surface area contributed by atoms with E-state index in [2.05, 4.69) is 5.10 Å². The SMILES string of the molecule is CC(C)n1ccc(CO[C@H](C)C(=O)O)n1. The van der Waals surface area contributed by atoms with E-state index in [-0.39, 0.29) is 6.61 Å². The van der Waals surface area contributed by atoms with Gasteiger partial charge in [-0.1, -0.05) is 0 Å². The lowest BCUT2D eigenvalue weighted by molar-refractivity contribution is -0.149. The number of ether oxygens (including phenoxy) is 1. The molecule has 1 rings (SSSR count). The summed E-state index contributed by atoms with van der Waals surface area (Å²) in [5, 5.41) is 12.8. The standard InChI is InChI=1S/C10H16N2O3/c1-7(2)12-5-4-9(11-12)6-15-8(3)10(13)14/h4-5,7-8H,6H2,1-3H3,(H,13,14)/t8-/m1/s1. The third-order valence-electron chi connectivity index (χ3n) is 2.02. The molecule has 0 aromatic carbocycles. The maximum Gasteiger partial charge on any atom is 0.332 e. The van der Waals surface area contributed by atoms with Crippen molar-refractivity contribution in [2.45, 2.75) is 39.5 Å². The van der Waals surface area contributed by atoms with Crippen molar-refractivity contribution in [3.8, 4) is 0 Å². The molecule has 0 aliphatic heterocycles. The average Bonchev–Trinajstić information content (AvgIpc) is 2.62. The normalized spacial score (nSPS) is 13.1. The Kier molecular flexibility index (Phi) is 3.85. The van der Waals surface area contributed by atoms with E-state index >= 15 is 0 Å². The van der Waals surface area contributed by atoms with Gasteiger partial charge in [0, 0.05) is 12.2 Å². The Balaban J connectivity index is 2.47. The molecule has 15 heavy (non-hydrogen) atoms. The molecule has 0 fully saturated rings. The third-order valence-corrected chi connectivity index (χ3v) is 2.02. The molecule has 1 heterocycles. The van der Waals surface area contributed by atoms with Crippen molar-refractivity contribution in [3.63, 3.8) is 0 Å². The first kappa shape index (κ1) is 11.7. The smallest absolute Gasteiger partial charge is 0.332 e. The van der Waals surface area contributed by atoms with Crippen LogP contribution in [0.5, 0.6) is 0 Å². The van der Waals surface area contributed by atoms with Crippen LogP contribution in [0, 0.1) is 0 Å². The molecule has 1 aromatic heterocycles. The number of hydrogen-bond donors (Lipinski definition) is 1. The van der Waals surface area contributed by atoms with Crippen LogP contribution in [0.1, 0.15) is 32.5 Å². The zero-order chi connectivity index (χ0) is 11.4. The second-order valence-electron chi connectivity index (χ2n) is 3.67. The van der Waals surface area contributed by atoms with E-state index in [0.29, 0.717) is 6.04 Å². The van der Waals surface area contributed by atoms with Crippen molar-refractivity contribution in [1.29, 1.82) is 0 Å². The van der Waals surface area contributed by atoms with Crippen LogP contribution < -0.4 is 0 Å². The zero-order valence-electron chi connectivity index (χ0n) is 9.17. The first-order valence-corrected chi connectivity index (χ1v) is 4.89. The van der Waals surface area contributed by atoms with Crippen molar-refractivity contribution in [2.75, 3.05) is 0 Å². The molecule has 84 valence electrons. The van der Waals surface area contributed by atoms with Gasteiger partial charge in [-0.15, -0.1) is 0 Å². The summed E-state index contributed by atoms with van der Waals surface area (Å²) in [5.41, 5.74) is 0.747. The maximum atomic E-state index is 10.5. The van der Waals surface area contributed by atoms with Gasteiger partial charge in [0.15, 0.2) is 6.10 Å². The minimum atomic E-state index is -0.960. The summed E-state index contributed by atoms with van der Waals surface area (Å²) in [4.78, 5) is 10.5. The number of carboxylic acids is 1. The van der Waals surface area contributed by atoms with E-state index < -0.39 is 12.1 Å². The first-order valence-electron chi connectivity index (χ1n) is 4.89. The highest BCUT2D eigenvalue weighted by atomic mass is 16.5. The molecular formula is C10H16N2O3. The summed E-state index contributed by atoms with van der Waals surface area (Å²) in [6, 6.07) is 2.13. The second kappa shape index (κ2) is 4.93. The topological polar surface area (TPSA) is 64.3 Å². The van der Waals surface area contributed by atoms with Crippen molar-refractivity contribution in [2.24, 2.45) is 0 Å². The molecule has 0 bridgehead atoms. The fourth-order valence-electron chi connectivity index (χ4n) is 1.02. The van der Waals surface area contributed by atoms with Gasteiger partial charge in [-0.2, -0.15) is 5.10 Å². The lowest BCUT2D eigenvalue weighted by Crippen LogP contribution is -2.19. The molecule has 0 saturated heterocycles. The number of carboxylic acid groups (broad SMARTS) is 1. The van der Waals surface area contributed by atoms with Crippen LogP contribution in [-0.2, 0) is 16.1 Å². The predicted octanol–water partition coefficient (Wildman–Crippen LogP) is 1.45. The molecule has 0 aliphatic carbocycles. The lowest BCUT2D eigenvalue weighted by atomic mass is 10.4. The number of carbonyl (C=O) groups is 1. The molecule has 5 nitrogen and oxygen atoms in total. The summed E-state index contributed by atoms with van der Waals surface area (Å²) in [7, 11) is 0. The number of rotatable bonds is 5. The number of aliphatic carboxylic acids is 1. The monoisotopic (exact) mass is 212 g/mol. The molecule has 0 aliphatic rings. The highest BCUT2D eigenvalue weighted by Gasteiger charge is 2.11. The highest BCUT2D eigenvalue weighted by molar-refractivity contribution is 5.71. The van der Waals surface area contributed by atoms with Crippen LogP contribution in [0.4, 0.5) is 0 Å². The molecule has 1 atom stereocenters. The molecule has 1 N–H and O–H groups in total. The molecule has 0 spiro atoms. The molecule has 0 amide bonds. The van der Waals surface area contributed by atoms with Crippen LogP contribution in [0.3, 0.4) is 0 Å². The van der Waals surface area contributed by atoms with Gasteiger partial charge in [-0.25, -0.2) is 4.79 Å². The Bertz CT molecular complexity index is 333. The van der Waals surface area contributed by atoms with Gasteiger partial charge in [-0.05, 0) is 26.8 Å². The first-order chi connectivity index (χ1) is 7.00. The van der Waals surface area contributed by atoms with Crippen molar-refractivity contribution in [1.82, 2.24) is 9.78 Å². The van der Waals surface area contributed by atoms with E-state index in [0.717, 1.165) is 5.69 Å². The van der Waals surface area contributed by atoms with Crippen LogP contribution in [0.25, 0.3) is 0 Å². The Morgan fingerprint density at radius 3 is 2.73 bits per heavy atom. The summed E-state index contributed by atoms with van der Waals surface area (Å²) in [5.74, 6) is -0.960. The fourth-order valence-corrected chi connectivity index (χ4v) is 1.02. The van der Waals surface area contributed by atoms with Gasteiger partial charge < -0.3 is 9.84 Å². The molecule has 0 unspecified atom stereocenters. The molecule has 0 radical (unpaired) electrons. The van der Waals surface area contributed by atoms with Crippen molar-refractivity contribution < 1.29 is 14.6 Å². The van der Waals surface area contributed by atoms with Gasteiger partial charge in [0.25, 0.3) is 0 Å². The molecule has 0 saturated carbocycles. The maximum absolute atomic E-state index is 10.5. The number of aromatic nitrogens is 2. The van der Waals surface area contributed by atoms with Gasteiger partial charge >= 0.3 is 5.97 Å². The van der Waals surface area contributed by atoms with Crippen molar-refractivity contribution >= 4 is 5.97 Å².